The van der Waals surface area contributed by atoms with Crippen LogP contribution in [0.1, 0.15) is 11.1 Å². The highest BCUT2D eigenvalue weighted by molar-refractivity contribution is 9.10. The van der Waals surface area contributed by atoms with E-state index in [4.69, 9.17) is 10.7 Å². The Morgan fingerprint density at radius 1 is 1.50 bits per heavy atom. The number of hydrogen-bond acceptors (Lipinski definition) is 2. The number of benzene rings is 1. The van der Waals surface area contributed by atoms with Crippen molar-refractivity contribution in [2.24, 2.45) is 0 Å². The third-order valence-corrected chi connectivity index (χ3v) is 3.57. The van der Waals surface area contributed by atoms with E-state index in [0.29, 0.717) is 10.0 Å². The van der Waals surface area contributed by atoms with E-state index in [0.717, 1.165) is 0 Å². The lowest BCUT2D eigenvalue weighted by molar-refractivity contribution is 0.593. The molecule has 78 valence electrons. The van der Waals surface area contributed by atoms with Gasteiger partial charge >= 0.3 is 0 Å². The predicted molar refractivity (Wildman–Crippen MR) is 57.3 cm³/mol. The summed E-state index contributed by atoms with van der Waals surface area (Å²) < 4.78 is 35.5. The average molecular weight is 302 g/mol. The Balaban J connectivity index is 3.19. The van der Waals surface area contributed by atoms with Crippen molar-refractivity contribution in [1.82, 2.24) is 0 Å². The summed E-state index contributed by atoms with van der Waals surface area (Å²) >= 11 is 3.14. The summed E-state index contributed by atoms with van der Waals surface area (Å²) in [6, 6.07) is 2.99. The maximum Gasteiger partial charge on any atom is 0.236 e. The first-order valence-electron chi connectivity index (χ1n) is 3.67. The van der Waals surface area contributed by atoms with Crippen LogP contribution in [-0.4, -0.2) is 8.42 Å². The van der Waals surface area contributed by atoms with Crippen LogP contribution < -0.4 is 0 Å². The van der Waals surface area contributed by atoms with Gasteiger partial charge in [0.15, 0.2) is 0 Å². The van der Waals surface area contributed by atoms with Crippen LogP contribution in [0.15, 0.2) is 16.6 Å². The topological polar surface area (TPSA) is 34.1 Å². The fourth-order valence-electron chi connectivity index (χ4n) is 1.01. The minimum atomic E-state index is -3.71. The zero-order valence-electron chi connectivity index (χ0n) is 7.22. The largest absolute Gasteiger partial charge is 0.236 e. The molecule has 1 aromatic rings. The molecular weight excluding hydrogens is 295 g/mol. The van der Waals surface area contributed by atoms with E-state index >= 15 is 0 Å². The van der Waals surface area contributed by atoms with E-state index in [1.165, 1.54) is 6.07 Å². The third-order valence-electron chi connectivity index (χ3n) is 1.73. The Kier molecular flexibility index (Phi) is 3.55. The summed E-state index contributed by atoms with van der Waals surface area (Å²) in [5.41, 5.74) is 0.462. The van der Waals surface area contributed by atoms with E-state index in [1.807, 2.05) is 0 Å². The first-order chi connectivity index (χ1) is 6.31. The van der Waals surface area contributed by atoms with Crippen molar-refractivity contribution < 1.29 is 12.8 Å². The van der Waals surface area contributed by atoms with Gasteiger partial charge in [0.05, 0.1) is 5.75 Å². The van der Waals surface area contributed by atoms with Gasteiger partial charge in [-0.1, -0.05) is 22.0 Å². The van der Waals surface area contributed by atoms with Gasteiger partial charge in [-0.15, -0.1) is 0 Å². The molecule has 1 aromatic carbocycles. The Bertz CT molecular complexity index is 459. The molecule has 0 radical (unpaired) electrons. The molecule has 0 heterocycles. The van der Waals surface area contributed by atoms with Gasteiger partial charge in [0, 0.05) is 20.7 Å². The summed E-state index contributed by atoms with van der Waals surface area (Å²) in [4.78, 5) is 0. The zero-order chi connectivity index (χ0) is 10.9. The lowest BCUT2D eigenvalue weighted by Gasteiger charge is -2.05. The van der Waals surface area contributed by atoms with E-state index in [1.54, 1.807) is 13.0 Å². The van der Waals surface area contributed by atoms with Crippen molar-refractivity contribution in [3.05, 3.63) is 33.5 Å². The Hall–Kier alpha value is -0.130. The Morgan fingerprint density at radius 2 is 2.07 bits per heavy atom. The molecule has 0 bridgehead atoms. The van der Waals surface area contributed by atoms with Crippen LogP contribution in [0.25, 0.3) is 0 Å². The second-order valence-corrected chi connectivity index (χ2v) is 6.46. The van der Waals surface area contributed by atoms with Crippen molar-refractivity contribution in [2.75, 3.05) is 0 Å². The van der Waals surface area contributed by atoms with Gasteiger partial charge in [-0.3, -0.25) is 0 Å². The van der Waals surface area contributed by atoms with Crippen molar-refractivity contribution in [3.8, 4) is 0 Å². The molecule has 0 N–H and O–H groups in total. The fraction of sp³-hybridized carbons (Fsp3) is 0.250. The van der Waals surface area contributed by atoms with Crippen molar-refractivity contribution in [1.29, 1.82) is 0 Å². The third kappa shape index (κ3) is 2.93. The molecule has 0 aliphatic rings. The molecule has 0 saturated carbocycles. The van der Waals surface area contributed by atoms with Gasteiger partial charge in [-0.2, -0.15) is 0 Å². The molecular formula is C8H7BrClFO2S. The van der Waals surface area contributed by atoms with Crippen molar-refractivity contribution in [3.63, 3.8) is 0 Å². The van der Waals surface area contributed by atoms with Crippen molar-refractivity contribution in [2.45, 2.75) is 12.7 Å². The monoisotopic (exact) mass is 300 g/mol. The van der Waals surface area contributed by atoms with E-state index < -0.39 is 20.6 Å². The molecule has 14 heavy (non-hydrogen) atoms. The number of halogens is 3. The first-order valence-corrected chi connectivity index (χ1v) is 6.94. The molecule has 0 aliphatic heterocycles. The van der Waals surface area contributed by atoms with Gasteiger partial charge in [0.25, 0.3) is 0 Å². The van der Waals surface area contributed by atoms with Crippen LogP contribution in [0.3, 0.4) is 0 Å². The van der Waals surface area contributed by atoms with Gasteiger partial charge < -0.3 is 0 Å². The zero-order valence-corrected chi connectivity index (χ0v) is 10.4. The first kappa shape index (κ1) is 11.9. The Labute approximate surface area is 94.6 Å². The molecule has 0 aliphatic carbocycles. The second-order valence-electron chi connectivity index (χ2n) is 2.83. The molecule has 0 aromatic heterocycles. The summed E-state index contributed by atoms with van der Waals surface area (Å²) in [5, 5.41) is 0. The Morgan fingerprint density at radius 3 is 2.57 bits per heavy atom. The molecule has 0 spiro atoms. The summed E-state index contributed by atoms with van der Waals surface area (Å²) in [5.74, 6) is -1.03. The highest BCUT2D eigenvalue weighted by atomic mass is 79.9. The molecule has 0 atom stereocenters. The summed E-state index contributed by atoms with van der Waals surface area (Å²) in [6.07, 6.45) is 0. The molecule has 0 unspecified atom stereocenters. The van der Waals surface area contributed by atoms with Crippen LogP contribution in [-0.2, 0) is 14.8 Å². The highest BCUT2D eigenvalue weighted by Gasteiger charge is 2.14. The average Bonchev–Trinajstić information content (AvgIpc) is 2.04. The molecule has 0 amide bonds. The standard InChI is InChI=1S/C8H7BrClFO2S/c1-5-7(9)3-2-6(8(5)11)4-14(10,12)13/h2-3H,4H2,1H3. The molecule has 0 saturated heterocycles. The lowest BCUT2D eigenvalue weighted by atomic mass is 10.1. The fourth-order valence-corrected chi connectivity index (χ4v) is 2.27. The van der Waals surface area contributed by atoms with Crippen LogP contribution in [0.2, 0.25) is 0 Å². The van der Waals surface area contributed by atoms with Gasteiger partial charge in [0.2, 0.25) is 9.05 Å². The maximum absolute atomic E-state index is 13.4. The number of rotatable bonds is 2. The van der Waals surface area contributed by atoms with Gasteiger partial charge in [0.1, 0.15) is 5.82 Å². The SMILES string of the molecule is Cc1c(Br)ccc(CS(=O)(=O)Cl)c1F. The van der Waals surface area contributed by atoms with Crippen LogP contribution in [0.4, 0.5) is 4.39 Å². The van der Waals surface area contributed by atoms with Gasteiger partial charge in [-0.25, -0.2) is 12.8 Å². The van der Waals surface area contributed by atoms with E-state index in [9.17, 15) is 12.8 Å². The van der Waals surface area contributed by atoms with Crippen LogP contribution in [0, 0.1) is 12.7 Å². The molecule has 0 fully saturated rings. The number of hydrogen-bond donors (Lipinski definition) is 0. The van der Waals surface area contributed by atoms with Gasteiger partial charge in [-0.05, 0) is 18.6 Å². The van der Waals surface area contributed by atoms with Crippen molar-refractivity contribution >= 4 is 35.7 Å². The molecule has 2 nitrogen and oxygen atoms in total. The van der Waals surface area contributed by atoms with Crippen LogP contribution in [0.5, 0.6) is 0 Å². The highest BCUT2D eigenvalue weighted by Crippen LogP contribution is 2.23. The molecule has 1 rings (SSSR count). The minimum absolute atomic E-state index is 0.0840. The molecule has 6 heteroatoms. The van der Waals surface area contributed by atoms with E-state index in [-0.39, 0.29) is 5.56 Å². The van der Waals surface area contributed by atoms with E-state index in [2.05, 4.69) is 15.9 Å². The minimum Gasteiger partial charge on any atom is -0.212 e. The normalized spacial score (nSPS) is 11.7. The lowest BCUT2D eigenvalue weighted by Crippen LogP contribution is -2.00. The van der Waals surface area contributed by atoms with Crippen LogP contribution >= 0.6 is 26.6 Å². The maximum atomic E-state index is 13.4. The predicted octanol–water partition coefficient (Wildman–Crippen LogP) is 2.97. The second kappa shape index (κ2) is 4.16. The summed E-state index contributed by atoms with van der Waals surface area (Å²) in [6.45, 7) is 1.56. The smallest absolute Gasteiger partial charge is 0.212 e. The quantitative estimate of drug-likeness (QED) is 0.787. The summed E-state index contributed by atoms with van der Waals surface area (Å²) in [7, 11) is 1.31.